The van der Waals surface area contributed by atoms with Crippen LogP contribution in [0.25, 0.3) is 10.7 Å². The second kappa shape index (κ2) is 8.66. The first kappa shape index (κ1) is 19.5. The van der Waals surface area contributed by atoms with Gasteiger partial charge in [0.25, 0.3) is 5.91 Å². The lowest BCUT2D eigenvalue weighted by Crippen LogP contribution is -2.48. The number of piperazine rings is 1. The average Bonchev–Trinajstić information content (AvgIpc) is 3.40. The van der Waals surface area contributed by atoms with Gasteiger partial charge in [-0.15, -0.1) is 11.3 Å². The third kappa shape index (κ3) is 4.77. The van der Waals surface area contributed by atoms with E-state index in [2.05, 4.69) is 19.8 Å². The Morgan fingerprint density at radius 1 is 1.17 bits per heavy atom. The molecule has 0 bridgehead atoms. The van der Waals surface area contributed by atoms with E-state index in [4.69, 9.17) is 4.52 Å². The van der Waals surface area contributed by atoms with Crippen molar-refractivity contribution in [3.63, 3.8) is 0 Å². The van der Waals surface area contributed by atoms with Crippen LogP contribution in [0.4, 0.5) is 8.78 Å². The minimum Gasteiger partial charge on any atom is -0.435 e. The molecule has 1 amide bonds. The Morgan fingerprint density at radius 2 is 1.93 bits per heavy atom. The zero-order valence-electron chi connectivity index (χ0n) is 15.3. The lowest BCUT2D eigenvalue weighted by Gasteiger charge is -2.34. The molecule has 3 aromatic rings. The van der Waals surface area contributed by atoms with Gasteiger partial charge in [0.1, 0.15) is 5.75 Å². The molecule has 1 aliphatic rings. The number of alkyl halides is 2. The van der Waals surface area contributed by atoms with Gasteiger partial charge in [0.2, 0.25) is 11.7 Å². The summed E-state index contributed by atoms with van der Waals surface area (Å²) in [5.41, 5.74) is 0.442. The van der Waals surface area contributed by atoms with Crippen molar-refractivity contribution < 1.29 is 22.8 Å². The maximum atomic E-state index is 12.6. The van der Waals surface area contributed by atoms with Gasteiger partial charge < -0.3 is 14.2 Å². The maximum Gasteiger partial charge on any atom is 0.387 e. The predicted molar refractivity (Wildman–Crippen MR) is 102 cm³/mol. The summed E-state index contributed by atoms with van der Waals surface area (Å²) in [4.78, 5) is 21.9. The van der Waals surface area contributed by atoms with Crippen molar-refractivity contribution in [2.45, 2.75) is 13.2 Å². The summed E-state index contributed by atoms with van der Waals surface area (Å²) in [5.74, 6) is 1.03. The normalized spacial score (nSPS) is 15.1. The Bertz CT molecular complexity index is 939. The monoisotopic (exact) mass is 420 g/mol. The number of thiophene rings is 1. The van der Waals surface area contributed by atoms with Crippen LogP contribution in [0.5, 0.6) is 5.75 Å². The average molecular weight is 420 g/mol. The minimum atomic E-state index is -2.88. The summed E-state index contributed by atoms with van der Waals surface area (Å²) in [7, 11) is 0. The van der Waals surface area contributed by atoms with E-state index in [1.807, 2.05) is 17.5 Å². The van der Waals surface area contributed by atoms with E-state index in [-0.39, 0.29) is 11.7 Å². The zero-order valence-corrected chi connectivity index (χ0v) is 16.1. The van der Waals surface area contributed by atoms with Crippen molar-refractivity contribution >= 4 is 17.2 Å². The summed E-state index contributed by atoms with van der Waals surface area (Å²) < 4.78 is 34.1. The molecule has 0 spiro atoms. The SMILES string of the molecule is O=C(c1ccc(OC(F)F)cc1)N1CCN(Cc2nc(-c3cccs3)no2)CC1. The van der Waals surface area contributed by atoms with Gasteiger partial charge in [-0.2, -0.15) is 13.8 Å². The molecule has 2 aromatic heterocycles. The highest BCUT2D eigenvalue weighted by molar-refractivity contribution is 7.13. The van der Waals surface area contributed by atoms with Crippen LogP contribution in [0.2, 0.25) is 0 Å². The lowest BCUT2D eigenvalue weighted by molar-refractivity contribution is -0.0498. The Kier molecular flexibility index (Phi) is 5.81. The van der Waals surface area contributed by atoms with Crippen LogP contribution in [-0.4, -0.2) is 58.6 Å². The third-order valence-corrected chi connectivity index (χ3v) is 5.42. The third-order valence-electron chi connectivity index (χ3n) is 4.55. The number of carbonyl (C=O) groups excluding carboxylic acids is 1. The number of benzene rings is 1. The molecule has 10 heteroatoms. The van der Waals surface area contributed by atoms with Crippen LogP contribution in [0.3, 0.4) is 0 Å². The molecule has 1 saturated heterocycles. The first-order valence-corrected chi connectivity index (χ1v) is 9.89. The molecule has 0 N–H and O–H groups in total. The van der Waals surface area contributed by atoms with Gasteiger partial charge in [-0.3, -0.25) is 9.69 Å². The number of rotatable bonds is 6. The van der Waals surface area contributed by atoms with E-state index in [0.717, 1.165) is 4.88 Å². The van der Waals surface area contributed by atoms with Gasteiger partial charge in [0.05, 0.1) is 11.4 Å². The summed E-state index contributed by atoms with van der Waals surface area (Å²) in [6.07, 6.45) is 0. The highest BCUT2D eigenvalue weighted by Crippen LogP contribution is 2.22. The summed E-state index contributed by atoms with van der Waals surface area (Å²) in [6.45, 7) is 0.106. The molecule has 29 heavy (non-hydrogen) atoms. The Balaban J connectivity index is 1.29. The highest BCUT2D eigenvalue weighted by Gasteiger charge is 2.23. The van der Waals surface area contributed by atoms with Crippen LogP contribution >= 0.6 is 11.3 Å². The first-order valence-electron chi connectivity index (χ1n) is 9.01. The molecular weight excluding hydrogens is 402 g/mol. The number of amides is 1. The molecule has 1 fully saturated rings. The van der Waals surface area contributed by atoms with E-state index in [1.54, 1.807) is 16.2 Å². The molecule has 0 radical (unpaired) electrons. The molecule has 0 unspecified atom stereocenters. The van der Waals surface area contributed by atoms with Crippen molar-refractivity contribution in [3.05, 3.63) is 53.2 Å². The second-order valence-electron chi connectivity index (χ2n) is 6.46. The van der Waals surface area contributed by atoms with Crippen molar-refractivity contribution in [2.24, 2.45) is 0 Å². The Morgan fingerprint density at radius 3 is 2.59 bits per heavy atom. The quantitative estimate of drug-likeness (QED) is 0.609. The molecule has 1 aliphatic heterocycles. The van der Waals surface area contributed by atoms with Crippen molar-refractivity contribution in [1.29, 1.82) is 0 Å². The van der Waals surface area contributed by atoms with Gasteiger partial charge in [0, 0.05) is 31.7 Å². The molecular formula is C19H18F2N4O3S. The maximum absolute atomic E-state index is 12.6. The second-order valence-corrected chi connectivity index (χ2v) is 7.41. The largest absolute Gasteiger partial charge is 0.435 e. The summed E-state index contributed by atoms with van der Waals surface area (Å²) in [5, 5.41) is 5.97. The summed E-state index contributed by atoms with van der Waals surface area (Å²) >= 11 is 1.55. The molecule has 0 atom stereocenters. The number of aromatic nitrogens is 2. The van der Waals surface area contributed by atoms with Crippen molar-refractivity contribution in [1.82, 2.24) is 19.9 Å². The molecule has 0 aliphatic carbocycles. The molecule has 3 heterocycles. The first-order chi connectivity index (χ1) is 14.1. The molecule has 0 saturated carbocycles. The van der Waals surface area contributed by atoms with E-state index in [0.29, 0.717) is 50.0 Å². The van der Waals surface area contributed by atoms with Gasteiger partial charge >= 0.3 is 6.61 Å². The fourth-order valence-corrected chi connectivity index (χ4v) is 3.74. The van der Waals surface area contributed by atoms with Gasteiger partial charge in [-0.25, -0.2) is 0 Å². The van der Waals surface area contributed by atoms with Crippen LogP contribution in [0, 0.1) is 0 Å². The highest BCUT2D eigenvalue weighted by atomic mass is 32.1. The van der Waals surface area contributed by atoms with Crippen LogP contribution in [-0.2, 0) is 6.54 Å². The topological polar surface area (TPSA) is 71.7 Å². The minimum absolute atomic E-state index is 0.0304. The summed E-state index contributed by atoms with van der Waals surface area (Å²) in [6, 6.07) is 9.61. The molecule has 152 valence electrons. The van der Waals surface area contributed by atoms with E-state index in [1.165, 1.54) is 24.3 Å². The molecule has 4 rings (SSSR count). The lowest BCUT2D eigenvalue weighted by atomic mass is 10.1. The fraction of sp³-hybridized carbons (Fsp3) is 0.316. The zero-order chi connectivity index (χ0) is 20.2. The van der Waals surface area contributed by atoms with Crippen LogP contribution < -0.4 is 4.74 Å². The standard InChI is InChI=1S/C19H18F2N4O3S/c20-19(21)27-14-5-3-13(4-6-14)18(26)25-9-7-24(8-10-25)12-16-22-17(23-28-16)15-2-1-11-29-15/h1-6,11,19H,7-10,12H2. The Hall–Kier alpha value is -2.85. The van der Waals surface area contributed by atoms with Crippen LogP contribution in [0.1, 0.15) is 16.2 Å². The van der Waals surface area contributed by atoms with Crippen molar-refractivity contribution in [3.8, 4) is 16.5 Å². The predicted octanol–water partition coefficient (Wildman–Crippen LogP) is 3.36. The van der Waals surface area contributed by atoms with Crippen LogP contribution in [0.15, 0.2) is 46.3 Å². The molecule has 1 aromatic carbocycles. The number of carbonyl (C=O) groups is 1. The van der Waals surface area contributed by atoms with Gasteiger partial charge in [0.15, 0.2) is 0 Å². The number of nitrogens with zero attached hydrogens (tertiary/aromatic N) is 4. The van der Waals surface area contributed by atoms with Crippen molar-refractivity contribution in [2.75, 3.05) is 26.2 Å². The smallest absolute Gasteiger partial charge is 0.387 e. The number of hydrogen-bond donors (Lipinski definition) is 0. The number of halogens is 2. The van der Waals surface area contributed by atoms with Gasteiger partial charge in [-0.1, -0.05) is 11.2 Å². The van der Waals surface area contributed by atoms with E-state index in [9.17, 15) is 13.6 Å². The number of ether oxygens (including phenoxy) is 1. The van der Waals surface area contributed by atoms with E-state index < -0.39 is 6.61 Å². The van der Waals surface area contributed by atoms with E-state index >= 15 is 0 Å². The fourth-order valence-electron chi connectivity index (χ4n) is 3.09. The number of hydrogen-bond acceptors (Lipinski definition) is 7. The molecule has 7 nitrogen and oxygen atoms in total. The van der Waals surface area contributed by atoms with Gasteiger partial charge in [-0.05, 0) is 35.7 Å². The Labute approximate surface area is 169 Å².